The normalized spacial score (nSPS) is 25.1. The Labute approximate surface area is 122 Å². The molecule has 0 N–H and O–H groups in total. The standard InChI is InChI=1S/C16H29NO3/c1-3-20-15(18)13-16(2,14-7-5-4-6-8-14)17-9-11-19-12-10-17/h14H,3-13H2,1-2H3. The lowest BCUT2D eigenvalue weighted by Gasteiger charge is -2.49. The van der Waals surface area contributed by atoms with Gasteiger partial charge in [-0.15, -0.1) is 0 Å². The van der Waals surface area contributed by atoms with Crippen molar-refractivity contribution in [3.8, 4) is 0 Å². The average Bonchev–Trinajstić information content (AvgIpc) is 2.49. The number of carbonyl (C=O) groups is 1. The van der Waals surface area contributed by atoms with Gasteiger partial charge >= 0.3 is 5.97 Å². The summed E-state index contributed by atoms with van der Waals surface area (Å²) in [5.41, 5.74) is -0.0591. The number of ether oxygens (including phenoxy) is 2. The first kappa shape index (κ1) is 15.8. The van der Waals surface area contributed by atoms with Crippen molar-refractivity contribution < 1.29 is 14.3 Å². The molecular weight excluding hydrogens is 254 g/mol. The van der Waals surface area contributed by atoms with Crippen LogP contribution in [0.1, 0.15) is 52.4 Å². The molecule has 0 spiro atoms. The van der Waals surface area contributed by atoms with Gasteiger partial charge in [-0.3, -0.25) is 9.69 Å². The van der Waals surface area contributed by atoms with E-state index in [2.05, 4.69) is 11.8 Å². The Hall–Kier alpha value is -0.610. The molecule has 0 aromatic carbocycles. The van der Waals surface area contributed by atoms with Crippen molar-refractivity contribution in [1.29, 1.82) is 0 Å². The molecule has 0 amide bonds. The molecule has 1 atom stereocenters. The zero-order valence-corrected chi connectivity index (χ0v) is 13.0. The van der Waals surface area contributed by atoms with E-state index in [4.69, 9.17) is 9.47 Å². The number of rotatable bonds is 5. The fourth-order valence-electron chi connectivity index (χ4n) is 3.82. The molecule has 0 aromatic heterocycles. The highest BCUT2D eigenvalue weighted by atomic mass is 16.5. The lowest BCUT2D eigenvalue weighted by Crippen LogP contribution is -2.57. The van der Waals surface area contributed by atoms with Crippen LogP contribution in [-0.4, -0.2) is 49.3 Å². The summed E-state index contributed by atoms with van der Waals surface area (Å²) in [5, 5.41) is 0. The molecule has 1 aliphatic heterocycles. The third-order valence-corrected chi connectivity index (χ3v) is 5.03. The minimum Gasteiger partial charge on any atom is -0.466 e. The smallest absolute Gasteiger partial charge is 0.307 e. The highest BCUT2D eigenvalue weighted by Crippen LogP contribution is 2.39. The largest absolute Gasteiger partial charge is 0.466 e. The van der Waals surface area contributed by atoms with E-state index in [1.54, 1.807) is 0 Å². The summed E-state index contributed by atoms with van der Waals surface area (Å²) in [6, 6.07) is 0. The predicted octanol–water partition coefficient (Wildman–Crippen LogP) is 2.61. The van der Waals surface area contributed by atoms with Gasteiger partial charge in [-0.25, -0.2) is 0 Å². The Morgan fingerprint density at radius 2 is 1.90 bits per heavy atom. The van der Waals surface area contributed by atoms with Crippen LogP contribution < -0.4 is 0 Å². The van der Waals surface area contributed by atoms with Crippen molar-refractivity contribution in [1.82, 2.24) is 4.90 Å². The van der Waals surface area contributed by atoms with Gasteiger partial charge in [0.2, 0.25) is 0 Å². The summed E-state index contributed by atoms with van der Waals surface area (Å²) in [5.74, 6) is 0.561. The second kappa shape index (κ2) is 7.41. The molecule has 1 unspecified atom stereocenters. The number of nitrogens with zero attached hydrogens (tertiary/aromatic N) is 1. The Bertz CT molecular complexity index is 289. The second-order valence-electron chi connectivity index (χ2n) is 6.27. The third-order valence-electron chi connectivity index (χ3n) is 5.03. The molecule has 4 nitrogen and oxygen atoms in total. The molecular formula is C16H29NO3. The Morgan fingerprint density at radius 1 is 1.25 bits per heavy atom. The molecule has 20 heavy (non-hydrogen) atoms. The van der Waals surface area contributed by atoms with Crippen LogP contribution in [0.3, 0.4) is 0 Å². The Balaban J connectivity index is 2.09. The van der Waals surface area contributed by atoms with Crippen molar-refractivity contribution in [2.75, 3.05) is 32.9 Å². The average molecular weight is 283 g/mol. The molecule has 2 aliphatic rings. The van der Waals surface area contributed by atoms with Gasteiger partial charge in [-0.2, -0.15) is 0 Å². The fraction of sp³-hybridized carbons (Fsp3) is 0.938. The van der Waals surface area contributed by atoms with Gasteiger partial charge in [0.25, 0.3) is 0 Å². The van der Waals surface area contributed by atoms with E-state index in [0.29, 0.717) is 18.9 Å². The molecule has 116 valence electrons. The molecule has 2 fully saturated rings. The van der Waals surface area contributed by atoms with Crippen molar-refractivity contribution in [3.05, 3.63) is 0 Å². The maximum absolute atomic E-state index is 12.1. The number of morpholine rings is 1. The van der Waals surface area contributed by atoms with Crippen LogP contribution >= 0.6 is 0 Å². The first-order chi connectivity index (χ1) is 9.66. The van der Waals surface area contributed by atoms with Gasteiger partial charge in [0.15, 0.2) is 0 Å². The molecule has 1 heterocycles. The van der Waals surface area contributed by atoms with Gasteiger partial charge in [0.05, 0.1) is 26.2 Å². The first-order valence-corrected chi connectivity index (χ1v) is 8.15. The van der Waals surface area contributed by atoms with E-state index < -0.39 is 0 Å². The minimum atomic E-state index is -0.0591. The van der Waals surface area contributed by atoms with Crippen LogP contribution in [0.25, 0.3) is 0 Å². The number of hydrogen-bond acceptors (Lipinski definition) is 4. The van der Waals surface area contributed by atoms with E-state index in [9.17, 15) is 4.79 Å². The van der Waals surface area contributed by atoms with Crippen LogP contribution in [-0.2, 0) is 14.3 Å². The fourth-order valence-corrected chi connectivity index (χ4v) is 3.82. The maximum atomic E-state index is 12.1. The molecule has 4 heteroatoms. The Kier molecular flexibility index (Phi) is 5.85. The quantitative estimate of drug-likeness (QED) is 0.727. The maximum Gasteiger partial charge on any atom is 0.307 e. The van der Waals surface area contributed by atoms with Crippen LogP contribution in [0.5, 0.6) is 0 Å². The molecule has 0 radical (unpaired) electrons. The van der Waals surface area contributed by atoms with Crippen LogP contribution in [0, 0.1) is 5.92 Å². The highest BCUT2D eigenvalue weighted by molar-refractivity contribution is 5.71. The lowest BCUT2D eigenvalue weighted by atomic mass is 9.72. The van der Waals surface area contributed by atoms with E-state index in [1.807, 2.05) is 6.92 Å². The minimum absolute atomic E-state index is 0.0490. The van der Waals surface area contributed by atoms with Gasteiger partial charge in [-0.1, -0.05) is 19.3 Å². The first-order valence-electron chi connectivity index (χ1n) is 8.15. The summed E-state index contributed by atoms with van der Waals surface area (Å²) >= 11 is 0. The van der Waals surface area contributed by atoms with E-state index in [1.165, 1.54) is 32.1 Å². The van der Waals surface area contributed by atoms with E-state index in [-0.39, 0.29) is 11.5 Å². The summed E-state index contributed by atoms with van der Waals surface area (Å²) in [6.45, 7) is 8.06. The van der Waals surface area contributed by atoms with Gasteiger partial charge in [-0.05, 0) is 32.6 Å². The molecule has 0 aromatic rings. The lowest BCUT2D eigenvalue weighted by molar-refractivity contribution is -0.149. The topological polar surface area (TPSA) is 38.8 Å². The van der Waals surface area contributed by atoms with Crippen LogP contribution in [0.4, 0.5) is 0 Å². The van der Waals surface area contributed by atoms with Crippen LogP contribution in [0.15, 0.2) is 0 Å². The molecule has 1 saturated carbocycles. The Morgan fingerprint density at radius 3 is 2.50 bits per heavy atom. The summed E-state index contributed by atoms with van der Waals surface area (Å²) < 4.78 is 10.7. The predicted molar refractivity (Wildman–Crippen MR) is 78.6 cm³/mol. The monoisotopic (exact) mass is 283 g/mol. The molecule has 0 bridgehead atoms. The highest BCUT2D eigenvalue weighted by Gasteiger charge is 2.42. The van der Waals surface area contributed by atoms with E-state index >= 15 is 0 Å². The van der Waals surface area contributed by atoms with Gasteiger partial charge < -0.3 is 9.47 Å². The van der Waals surface area contributed by atoms with Crippen LogP contribution in [0.2, 0.25) is 0 Å². The number of esters is 1. The van der Waals surface area contributed by atoms with Gasteiger partial charge in [0.1, 0.15) is 0 Å². The summed E-state index contributed by atoms with van der Waals surface area (Å²) in [7, 11) is 0. The summed E-state index contributed by atoms with van der Waals surface area (Å²) in [4.78, 5) is 14.5. The number of hydrogen-bond donors (Lipinski definition) is 0. The SMILES string of the molecule is CCOC(=O)CC(C)(C1CCCCC1)N1CCOCC1. The zero-order chi connectivity index (χ0) is 14.4. The molecule has 1 saturated heterocycles. The van der Waals surface area contributed by atoms with E-state index in [0.717, 1.165) is 26.3 Å². The van der Waals surface area contributed by atoms with Crippen molar-refractivity contribution in [2.24, 2.45) is 5.92 Å². The second-order valence-corrected chi connectivity index (χ2v) is 6.27. The summed E-state index contributed by atoms with van der Waals surface area (Å²) in [6.07, 6.45) is 6.95. The number of carbonyl (C=O) groups excluding carboxylic acids is 1. The van der Waals surface area contributed by atoms with Crippen molar-refractivity contribution in [3.63, 3.8) is 0 Å². The molecule has 2 rings (SSSR count). The van der Waals surface area contributed by atoms with Gasteiger partial charge in [0, 0.05) is 18.6 Å². The zero-order valence-electron chi connectivity index (χ0n) is 13.0. The van der Waals surface area contributed by atoms with Crippen molar-refractivity contribution >= 4 is 5.97 Å². The van der Waals surface area contributed by atoms with Crippen molar-refractivity contribution in [2.45, 2.75) is 57.9 Å². The third kappa shape index (κ3) is 3.73. The molecule has 1 aliphatic carbocycles.